The van der Waals surface area contributed by atoms with Gasteiger partial charge in [0.2, 0.25) is 5.91 Å². The number of hydrogen-bond acceptors (Lipinski definition) is 1. The van der Waals surface area contributed by atoms with Gasteiger partial charge in [-0.3, -0.25) is 4.79 Å². The second-order valence-electron chi connectivity index (χ2n) is 5.57. The first kappa shape index (κ1) is 12.1. The van der Waals surface area contributed by atoms with Gasteiger partial charge in [0.1, 0.15) is 6.04 Å². The van der Waals surface area contributed by atoms with Crippen LogP contribution >= 0.6 is 0 Å². The predicted octanol–water partition coefficient (Wildman–Crippen LogP) is 1.63. The van der Waals surface area contributed by atoms with Crippen LogP contribution in [0.3, 0.4) is 0 Å². The SMILES string of the molecule is CC(C)(C)NC(=O)C1Cc2ccccc2C[N]1. The number of fused-ring (bicyclic) bond motifs is 1. The molecule has 1 aliphatic rings. The molecule has 3 nitrogen and oxygen atoms in total. The van der Waals surface area contributed by atoms with E-state index >= 15 is 0 Å². The summed E-state index contributed by atoms with van der Waals surface area (Å²) in [7, 11) is 0. The van der Waals surface area contributed by atoms with Crippen molar-refractivity contribution in [2.75, 3.05) is 0 Å². The zero-order valence-electron chi connectivity index (χ0n) is 10.7. The molecule has 0 bridgehead atoms. The lowest BCUT2D eigenvalue weighted by Gasteiger charge is -2.28. The maximum Gasteiger partial charge on any atom is 0.239 e. The molecular weight excluding hydrogens is 212 g/mol. The third-order valence-electron chi connectivity index (χ3n) is 2.81. The largest absolute Gasteiger partial charge is 0.350 e. The fourth-order valence-corrected chi connectivity index (χ4v) is 2.02. The number of benzene rings is 1. The van der Waals surface area contributed by atoms with Gasteiger partial charge in [0.15, 0.2) is 0 Å². The first-order valence-electron chi connectivity index (χ1n) is 6.01. The molecule has 0 saturated heterocycles. The summed E-state index contributed by atoms with van der Waals surface area (Å²) in [6.45, 7) is 6.61. The lowest BCUT2D eigenvalue weighted by Crippen LogP contribution is -2.50. The number of rotatable bonds is 1. The second-order valence-corrected chi connectivity index (χ2v) is 5.57. The Morgan fingerprint density at radius 1 is 1.29 bits per heavy atom. The molecule has 1 N–H and O–H groups in total. The Labute approximate surface area is 103 Å². The molecule has 3 heteroatoms. The third kappa shape index (κ3) is 3.07. The standard InChI is InChI=1S/C14H19N2O/c1-14(2,3)16-13(17)12-8-10-6-4-5-7-11(10)9-15-12/h4-7,12H,8-9H2,1-3H3,(H,16,17). The van der Waals surface area contributed by atoms with Crippen LogP contribution in [0.4, 0.5) is 0 Å². The van der Waals surface area contributed by atoms with Gasteiger partial charge in [-0.25, -0.2) is 5.32 Å². The minimum atomic E-state index is -0.232. The number of amides is 1. The molecule has 1 unspecified atom stereocenters. The molecule has 1 aromatic rings. The molecule has 1 atom stereocenters. The Hall–Kier alpha value is -1.35. The van der Waals surface area contributed by atoms with E-state index in [1.165, 1.54) is 11.1 Å². The molecule has 1 aromatic carbocycles. The van der Waals surface area contributed by atoms with E-state index in [0.717, 1.165) is 6.42 Å². The van der Waals surface area contributed by atoms with Gasteiger partial charge >= 0.3 is 0 Å². The van der Waals surface area contributed by atoms with Crippen LogP contribution in [-0.4, -0.2) is 17.5 Å². The van der Waals surface area contributed by atoms with E-state index in [2.05, 4.69) is 22.8 Å². The third-order valence-corrected chi connectivity index (χ3v) is 2.81. The van der Waals surface area contributed by atoms with Crippen molar-refractivity contribution >= 4 is 5.91 Å². The number of nitrogens with one attached hydrogen (secondary N) is 1. The first-order chi connectivity index (χ1) is 7.96. The van der Waals surface area contributed by atoms with Gasteiger partial charge in [0, 0.05) is 12.1 Å². The van der Waals surface area contributed by atoms with E-state index in [-0.39, 0.29) is 17.5 Å². The van der Waals surface area contributed by atoms with E-state index in [1.54, 1.807) is 0 Å². The van der Waals surface area contributed by atoms with E-state index in [0.29, 0.717) is 6.54 Å². The molecule has 0 saturated carbocycles. The van der Waals surface area contributed by atoms with Crippen molar-refractivity contribution in [3.63, 3.8) is 0 Å². The van der Waals surface area contributed by atoms with E-state index < -0.39 is 0 Å². The molecule has 1 amide bonds. The molecule has 0 aromatic heterocycles. The van der Waals surface area contributed by atoms with Gasteiger partial charge in [0.05, 0.1) is 0 Å². The van der Waals surface area contributed by atoms with Crippen LogP contribution < -0.4 is 10.6 Å². The molecule has 2 rings (SSSR count). The van der Waals surface area contributed by atoms with Gasteiger partial charge < -0.3 is 5.32 Å². The average Bonchev–Trinajstić information content (AvgIpc) is 2.26. The Kier molecular flexibility index (Phi) is 3.20. The zero-order chi connectivity index (χ0) is 12.5. The molecule has 0 fully saturated rings. The van der Waals surface area contributed by atoms with Crippen LogP contribution in [0, 0.1) is 0 Å². The fourth-order valence-electron chi connectivity index (χ4n) is 2.02. The maximum absolute atomic E-state index is 12.0. The highest BCUT2D eigenvalue weighted by Gasteiger charge is 2.27. The minimum Gasteiger partial charge on any atom is -0.350 e. The topological polar surface area (TPSA) is 43.2 Å². The molecule has 1 radical (unpaired) electrons. The molecule has 91 valence electrons. The van der Waals surface area contributed by atoms with Crippen molar-refractivity contribution in [2.45, 2.75) is 45.3 Å². The maximum atomic E-state index is 12.0. The molecule has 1 heterocycles. The summed E-state index contributed by atoms with van der Waals surface area (Å²) < 4.78 is 0. The van der Waals surface area contributed by atoms with Gasteiger partial charge in [-0.15, -0.1) is 0 Å². The summed E-state index contributed by atoms with van der Waals surface area (Å²) in [4.78, 5) is 12.0. The Morgan fingerprint density at radius 2 is 1.94 bits per heavy atom. The number of carbonyl (C=O) groups excluding carboxylic acids is 1. The lowest BCUT2D eigenvalue weighted by atomic mass is 9.95. The molecule has 0 aliphatic carbocycles. The highest BCUT2D eigenvalue weighted by atomic mass is 16.2. The van der Waals surface area contributed by atoms with Crippen LogP contribution in [0.1, 0.15) is 31.9 Å². The lowest BCUT2D eigenvalue weighted by molar-refractivity contribution is -0.124. The summed E-state index contributed by atoms with van der Waals surface area (Å²) >= 11 is 0. The monoisotopic (exact) mass is 231 g/mol. The zero-order valence-corrected chi connectivity index (χ0v) is 10.7. The van der Waals surface area contributed by atoms with E-state index in [1.807, 2.05) is 32.9 Å². The van der Waals surface area contributed by atoms with Gasteiger partial charge in [0.25, 0.3) is 0 Å². The van der Waals surface area contributed by atoms with Gasteiger partial charge in [-0.2, -0.15) is 0 Å². The first-order valence-corrected chi connectivity index (χ1v) is 6.01. The predicted molar refractivity (Wildman–Crippen MR) is 67.7 cm³/mol. The number of carbonyl (C=O) groups is 1. The Morgan fingerprint density at radius 3 is 2.59 bits per heavy atom. The number of nitrogens with zero attached hydrogens (tertiary/aromatic N) is 1. The van der Waals surface area contributed by atoms with Crippen LogP contribution in [0.15, 0.2) is 24.3 Å². The van der Waals surface area contributed by atoms with Crippen LogP contribution in [-0.2, 0) is 17.8 Å². The van der Waals surface area contributed by atoms with Crippen molar-refractivity contribution in [3.05, 3.63) is 35.4 Å². The molecule has 17 heavy (non-hydrogen) atoms. The second kappa shape index (κ2) is 4.49. The highest BCUT2D eigenvalue weighted by Crippen LogP contribution is 2.17. The van der Waals surface area contributed by atoms with E-state index in [4.69, 9.17) is 0 Å². The quantitative estimate of drug-likeness (QED) is 0.784. The Balaban J connectivity index is 2.05. The van der Waals surface area contributed by atoms with Crippen LogP contribution in [0.25, 0.3) is 0 Å². The highest BCUT2D eigenvalue weighted by molar-refractivity contribution is 5.83. The molecule has 0 spiro atoms. The van der Waals surface area contributed by atoms with Crippen molar-refractivity contribution in [1.29, 1.82) is 0 Å². The van der Waals surface area contributed by atoms with Gasteiger partial charge in [-0.05, 0) is 38.3 Å². The van der Waals surface area contributed by atoms with Crippen LogP contribution in [0.5, 0.6) is 0 Å². The van der Waals surface area contributed by atoms with Gasteiger partial charge in [-0.1, -0.05) is 24.3 Å². The summed E-state index contributed by atoms with van der Waals surface area (Å²) in [5, 5.41) is 7.43. The van der Waals surface area contributed by atoms with E-state index in [9.17, 15) is 4.79 Å². The van der Waals surface area contributed by atoms with Crippen molar-refractivity contribution in [3.8, 4) is 0 Å². The summed E-state index contributed by atoms with van der Waals surface area (Å²) in [6, 6.07) is 7.97. The average molecular weight is 231 g/mol. The summed E-state index contributed by atoms with van der Waals surface area (Å²) in [5.74, 6) is 0.0343. The smallest absolute Gasteiger partial charge is 0.239 e. The van der Waals surface area contributed by atoms with Crippen molar-refractivity contribution < 1.29 is 4.79 Å². The minimum absolute atomic E-state index is 0.0343. The van der Waals surface area contributed by atoms with Crippen molar-refractivity contribution in [1.82, 2.24) is 10.6 Å². The molecular formula is C14H19N2O. The number of hydrogen-bond donors (Lipinski definition) is 1. The summed E-state index contributed by atoms with van der Waals surface area (Å²) in [5.41, 5.74) is 2.30. The van der Waals surface area contributed by atoms with Crippen LogP contribution in [0.2, 0.25) is 0 Å². The fraction of sp³-hybridized carbons (Fsp3) is 0.500. The summed E-state index contributed by atoms with van der Waals surface area (Å²) in [6.07, 6.45) is 0.720. The normalized spacial score (nSPS) is 19.6. The van der Waals surface area contributed by atoms with Crippen molar-refractivity contribution in [2.24, 2.45) is 0 Å². The molecule has 1 aliphatic heterocycles. The Bertz CT molecular complexity index is 420.